The number of thioether (sulfide) groups is 1. The van der Waals surface area contributed by atoms with Crippen LogP contribution in [0.3, 0.4) is 0 Å². The summed E-state index contributed by atoms with van der Waals surface area (Å²) < 4.78 is 0. The molecule has 0 N–H and O–H groups in total. The number of aromatic nitrogens is 1. The summed E-state index contributed by atoms with van der Waals surface area (Å²) in [5.74, 6) is 0. The second-order valence-corrected chi connectivity index (χ2v) is 6.08. The van der Waals surface area contributed by atoms with Gasteiger partial charge in [0.25, 0.3) is 0 Å². The Labute approximate surface area is 123 Å². The van der Waals surface area contributed by atoms with Crippen LogP contribution in [0.4, 0.5) is 0 Å². The Morgan fingerprint density at radius 2 is 1.75 bits per heavy atom. The maximum atomic E-state index is 4.91. The Morgan fingerprint density at radius 1 is 1.00 bits per heavy atom. The molecular weight excluding hydrogens is 266 g/mol. The van der Waals surface area contributed by atoms with Gasteiger partial charge in [0.15, 0.2) is 0 Å². The highest BCUT2D eigenvalue weighted by Crippen LogP contribution is 2.40. The first kappa shape index (κ1) is 13.3. The molecule has 0 spiro atoms. The molecule has 0 amide bonds. The van der Waals surface area contributed by atoms with E-state index in [-0.39, 0.29) is 6.04 Å². The summed E-state index contributed by atoms with van der Waals surface area (Å²) in [7, 11) is 4.20. The lowest BCUT2D eigenvalue weighted by atomic mass is 10.1. The molecule has 3 nitrogen and oxygen atoms in total. The first-order chi connectivity index (χ1) is 9.75. The molecule has 0 fully saturated rings. The summed E-state index contributed by atoms with van der Waals surface area (Å²) in [5.41, 5.74) is 2.22. The Morgan fingerprint density at radius 3 is 2.40 bits per heavy atom. The van der Waals surface area contributed by atoms with E-state index in [1.807, 2.05) is 30.5 Å². The van der Waals surface area contributed by atoms with Crippen molar-refractivity contribution in [1.29, 1.82) is 0 Å². The highest BCUT2D eigenvalue weighted by atomic mass is 32.2. The van der Waals surface area contributed by atoms with E-state index in [2.05, 4.69) is 48.2 Å². The zero-order valence-corrected chi connectivity index (χ0v) is 12.4. The van der Waals surface area contributed by atoms with Gasteiger partial charge in [-0.15, -0.1) is 0 Å². The number of hydrogen-bond donors (Lipinski definition) is 0. The standard InChI is InChI=1S/C16H17N3S/c1-19(2)16-14(12-8-4-3-5-9-12)18-15(20-16)13-10-6-7-11-17-13/h3-11,14,16H,1-2H3/t14-,16+/m0/s1. The van der Waals surface area contributed by atoms with Gasteiger partial charge in [0, 0.05) is 6.20 Å². The van der Waals surface area contributed by atoms with Crippen LogP contribution in [0.5, 0.6) is 0 Å². The van der Waals surface area contributed by atoms with Gasteiger partial charge in [-0.05, 0) is 31.8 Å². The quantitative estimate of drug-likeness (QED) is 0.866. The van der Waals surface area contributed by atoms with Crippen LogP contribution in [0.2, 0.25) is 0 Å². The fourth-order valence-electron chi connectivity index (χ4n) is 2.29. The van der Waals surface area contributed by atoms with Gasteiger partial charge in [-0.1, -0.05) is 48.2 Å². The van der Waals surface area contributed by atoms with Gasteiger partial charge in [-0.25, -0.2) is 0 Å². The average molecular weight is 283 g/mol. The first-order valence-corrected chi connectivity index (χ1v) is 7.51. The molecule has 1 aromatic carbocycles. The monoisotopic (exact) mass is 283 g/mol. The number of likely N-dealkylation sites (N-methyl/N-ethyl adjacent to an activating group) is 1. The smallest absolute Gasteiger partial charge is 0.119 e. The third kappa shape index (κ3) is 2.62. The zero-order chi connectivity index (χ0) is 13.9. The Kier molecular flexibility index (Phi) is 3.85. The summed E-state index contributed by atoms with van der Waals surface area (Å²) in [6.07, 6.45) is 1.82. The third-order valence-electron chi connectivity index (χ3n) is 3.29. The van der Waals surface area contributed by atoms with Crippen molar-refractivity contribution in [3.63, 3.8) is 0 Å². The lowest BCUT2D eigenvalue weighted by Crippen LogP contribution is -2.28. The van der Waals surface area contributed by atoms with E-state index >= 15 is 0 Å². The molecule has 3 rings (SSSR count). The predicted molar refractivity (Wildman–Crippen MR) is 85.0 cm³/mol. The molecule has 2 atom stereocenters. The largest absolute Gasteiger partial charge is 0.295 e. The minimum Gasteiger partial charge on any atom is -0.295 e. The molecule has 1 aliphatic heterocycles. The van der Waals surface area contributed by atoms with Gasteiger partial charge < -0.3 is 0 Å². The van der Waals surface area contributed by atoms with Crippen molar-refractivity contribution in [2.75, 3.05) is 14.1 Å². The molecule has 2 heterocycles. The van der Waals surface area contributed by atoms with Crippen LogP contribution in [0.1, 0.15) is 17.3 Å². The van der Waals surface area contributed by atoms with Crippen LogP contribution in [-0.2, 0) is 0 Å². The van der Waals surface area contributed by atoms with E-state index in [9.17, 15) is 0 Å². The van der Waals surface area contributed by atoms with Gasteiger partial charge in [0.2, 0.25) is 0 Å². The van der Waals surface area contributed by atoms with Crippen molar-refractivity contribution in [1.82, 2.24) is 9.88 Å². The second-order valence-electron chi connectivity index (χ2n) is 4.98. The fraction of sp³-hybridized carbons (Fsp3) is 0.250. The molecule has 2 aromatic rings. The maximum absolute atomic E-state index is 4.91. The van der Waals surface area contributed by atoms with Gasteiger partial charge in [0.1, 0.15) is 11.1 Å². The molecule has 102 valence electrons. The highest BCUT2D eigenvalue weighted by Gasteiger charge is 2.33. The van der Waals surface area contributed by atoms with E-state index in [0.717, 1.165) is 10.7 Å². The fourth-order valence-corrected chi connectivity index (χ4v) is 3.49. The van der Waals surface area contributed by atoms with Crippen LogP contribution in [0.25, 0.3) is 0 Å². The molecule has 0 unspecified atom stereocenters. The van der Waals surface area contributed by atoms with Crippen molar-refractivity contribution >= 4 is 16.8 Å². The van der Waals surface area contributed by atoms with E-state index in [1.54, 1.807) is 11.8 Å². The van der Waals surface area contributed by atoms with Crippen LogP contribution >= 0.6 is 11.8 Å². The molecule has 0 radical (unpaired) electrons. The maximum Gasteiger partial charge on any atom is 0.119 e. The zero-order valence-electron chi connectivity index (χ0n) is 11.6. The van der Waals surface area contributed by atoms with E-state index < -0.39 is 0 Å². The van der Waals surface area contributed by atoms with Crippen molar-refractivity contribution in [3.05, 3.63) is 66.0 Å². The van der Waals surface area contributed by atoms with E-state index in [1.165, 1.54) is 5.56 Å². The number of hydrogen-bond acceptors (Lipinski definition) is 4. The predicted octanol–water partition coefficient (Wildman–Crippen LogP) is 3.20. The van der Waals surface area contributed by atoms with Gasteiger partial charge >= 0.3 is 0 Å². The van der Waals surface area contributed by atoms with Crippen molar-refractivity contribution in [2.45, 2.75) is 11.4 Å². The normalized spacial score (nSPS) is 22.1. The lowest BCUT2D eigenvalue weighted by molar-refractivity contribution is 0.349. The van der Waals surface area contributed by atoms with Crippen LogP contribution in [0.15, 0.2) is 59.7 Å². The molecule has 0 aliphatic carbocycles. The van der Waals surface area contributed by atoms with Crippen molar-refractivity contribution in [3.8, 4) is 0 Å². The first-order valence-electron chi connectivity index (χ1n) is 6.63. The number of nitrogens with zero attached hydrogens (tertiary/aromatic N) is 3. The average Bonchev–Trinajstić information content (AvgIpc) is 2.94. The molecule has 0 bridgehead atoms. The van der Waals surface area contributed by atoms with Crippen LogP contribution < -0.4 is 0 Å². The molecule has 1 aliphatic rings. The molecule has 1 aromatic heterocycles. The molecule has 0 saturated heterocycles. The van der Waals surface area contributed by atoms with Gasteiger partial charge in [-0.3, -0.25) is 14.9 Å². The number of rotatable bonds is 3. The topological polar surface area (TPSA) is 28.5 Å². The van der Waals surface area contributed by atoms with E-state index in [4.69, 9.17) is 4.99 Å². The Bertz CT molecular complexity index is 596. The van der Waals surface area contributed by atoms with Crippen LogP contribution in [-0.4, -0.2) is 34.4 Å². The summed E-state index contributed by atoms with van der Waals surface area (Å²) in [6, 6.07) is 16.6. The summed E-state index contributed by atoms with van der Waals surface area (Å²) >= 11 is 1.79. The van der Waals surface area contributed by atoms with Crippen LogP contribution in [0, 0.1) is 0 Å². The minimum atomic E-state index is 0.160. The van der Waals surface area contributed by atoms with E-state index in [0.29, 0.717) is 5.37 Å². The van der Waals surface area contributed by atoms with Crippen molar-refractivity contribution < 1.29 is 0 Å². The lowest BCUT2D eigenvalue weighted by Gasteiger charge is -2.24. The Hall–Kier alpha value is -1.65. The summed E-state index contributed by atoms with van der Waals surface area (Å²) in [6.45, 7) is 0. The SMILES string of the molecule is CN(C)[C@@H]1SC(c2ccccn2)=N[C@H]1c1ccccc1. The summed E-state index contributed by atoms with van der Waals surface area (Å²) in [5, 5.41) is 1.34. The van der Waals surface area contributed by atoms with Gasteiger partial charge in [-0.2, -0.15) is 0 Å². The van der Waals surface area contributed by atoms with Gasteiger partial charge in [0.05, 0.1) is 11.1 Å². The second kappa shape index (κ2) is 5.77. The number of benzene rings is 1. The molecular formula is C16H17N3S. The molecule has 20 heavy (non-hydrogen) atoms. The molecule has 4 heteroatoms. The highest BCUT2D eigenvalue weighted by molar-refractivity contribution is 8.15. The van der Waals surface area contributed by atoms with Crippen molar-refractivity contribution in [2.24, 2.45) is 4.99 Å². The third-order valence-corrected chi connectivity index (χ3v) is 4.75. The Balaban J connectivity index is 1.96. The number of aliphatic imine (C=N–C) groups is 1. The summed E-state index contributed by atoms with van der Waals surface area (Å²) in [4.78, 5) is 11.5. The number of pyridine rings is 1. The molecule has 0 saturated carbocycles. The minimum absolute atomic E-state index is 0.160.